The fourth-order valence-corrected chi connectivity index (χ4v) is 3.17. The van der Waals surface area contributed by atoms with E-state index in [0.29, 0.717) is 11.8 Å². The summed E-state index contributed by atoms with van der Waals surface area (Å²) in [6.45, 7) is 1.49. The van der Waals surface area contributed by atoms with Gasteiger partial charge in [0.2, 0.25) is 0 Å². The van der Waals surface area contributed by atoms with Crippen molar-refractivity contribution in [2.75, 3.05) is 13.1 Å². The normalized spacial score (nSPS) is 26.3. The molecule has 1 saturated carbocycles. The van der Waals surface area contributed by atoms with Crippen molar-refractivity contribution in [2.45, 2.75) is 19.3 Å². The number of hydrogen-bond acceptors (Lipinski definition) is 3. The van der Waals surface area contributed by atoms with E-state index < -0.39 is 5.97 Å². The van der Waals surface area contributed by atoms with Gasteiger partial charge in [-0.25, -0.2) is 9.78 Å². The van der Waals surface area contributed by atoms with Crippen LogP contribution in [-0.4, -0.2) is 44.9 Å². The summed E-state index contributed by atoms with van der Waals surface area (Å²) in [6.07, 6.45) is 4.87. The van der Waals surface area contributed by atoms with Crippen LogP contribution in [0.2, 0.25) is 0 Å². The second-order valence-corrected chi connectivity index (χ2v) is 5.09. The van der Waals surface area contributed by atoms with E-state index in [9.17, 15) is 9.59 Å². The van der Waals surface area contributed by atoms with E-state index in [-0.39, 0.29) is 17.3 Å². The van der Waals surface area contributed by atoms with Gasteiger partial charge in [-0.15, -0.1) is 0 Å². The lowest BCUT2D eigenvalue weighted by atomic mass is 10.0. The number of imidazole rings is 1. The van der Waals surface area contributed by atoms with Gasteiger partial charge in [-0.05, 0) is 24.7 Å². The number of aromatic carboxylic acids is 1. The molecule has 0 bridgehead atoms. The van der Waals surface area contributed by atoms with Crippen LogP contribution in [0, 0.1) is 11.8 Å². The minimum absolute atomic E-state index is 0.0301. The lowest BCUT2D eigenvalue weighted by molar-refractivity contribution is 0.0673. The predicted molar refractivity (Wildman–Crippen MR) is 62.3 cm³/mol. The zero-order chi connectivity index (χ0) is 12.7. The number of H-pyrrole nitrogens is 1. The van der Waals surface area contributed by atoms with Crippen LogP contribution < -0.4 is 0 Å². The molecule has 1 aliphatic carbocycles. The van der Waals surface area contributed by atoms with E-state index in [2.05, 4.69) is 9.97 Å². The highest BCUT2D eigenvalue weighted by atomic mass is 16.4. The first-order valence-electron chi connectivity index (χ1n) is 6.22. The summed E-state index contributed by atoms with van der Waals surface area (Å²) < 4.78 is 0. The van der Waals surface area contributed by atoms with E-state index in [1.54, 1.807) is 4.90 Å². The summed E-state index contributed by atoms with van der Waals surface area (Å²) in [6, 6.07) is 0. The first-order chi connectivity index (χ1) is 8.66. The Kier molecular flexibility index (Phi) is 2.57. The summed E-state index contributed by atoms with van der Waals surface area (Å²) in [7, 11) is 0. The van der Waals surface area contributed by atoms with Crippen molar-refractivity contribution in [3.05, 3.63) is 17.7 Å². The molecule has 2 N–H and O–H groups in total. The summed E-state index contributed by atoms with van der Waals surface area (Å²) in [5.74, 6) is -0.208. The molecule has 1 aliphatic heterocycles. The minimum atomic E-state index is -1.14. The van der Waals surface area contributed by atoms with E-state index in [1.165, 1.54) is 25.6 Å². The van der Waals surface area contributed by atoms with Crippen LogP contribution in [0.15, 0.2) is 6.33 Å². The van der Waals surface area contributed by atoms with E-state index in [1.807, 2.05) is 0 Å². The Balaban J connectivity index is 1.79. The molecule has 1 aromatic rings. The fraction of sp³-hybridized carbons (Fsp3) is 0.583. The van der Waals surface area contributed by atoms with Crippen LogP contribution in [0.25, 0.3) is 0 Å². The number of carboxylic acids is 1. The van der Waals surface area contributed by atoms with Gasteiger partial charge < -0.3 is 15.0 Å². The van der Waals surface area contributed by atoms with Gasteiger partial charge in [-0.3, -0.25) is 4.79 Å². The van der Waals surface area contributed by atoms with Gasteiger partial charge in [0.05, 0.1) is 6.33 Å². The van der Waals surface area contributed by atoms with Crippen LogP contribution in [-0.2, 0) is 0 Å². The largest absolute Gasteiger partial charge is 0.477 e. The van der Waals surface area contributed by atoms with Crippen molar-refractivity contribution < 1.29 is 14.7 Å². The number of fused-ring (bicyclic) bond motifs is 1. The molecule has 96 valence electrons. The summed E-state index contributed by atoms with van der Waals surface area (Å²) in [5.41, 5.74) is -0.0838. The maximum absolute atomic E-state index is 12.2. The second-order valence-electron chi connectivity index (χ2n) is 5.09. The second kappa shape index (κ2) is 4.12. The average Bonchev–Trinajstić information content (AvgIpc) is 3.02. The Morgan fingerprint density at radius 2 is 2.00 bits per heavy atom. The standard InChI is InChI=1S/C12H15N3O3/c16-11(9-10(12(17)18)14-6-13-9)15-4-7-2-1-3-8(7)5-15/h6-8H,1-5H2,(H,13,14)(H,17,18). The van der Waals surface area contributed by atoms with Crippen LogP contribution in [0.3, 0.4) is 0 Å². The first kappa shape index (κ1) is 11.3. The molecule has 2 heterocycles. The van der Waals surface area contributed by atoms with Gasteiger partial charge in [0.1, 0.15) is 0 Å². The van der Waals surface area contributed by atoms with E-state index in [4.69, 9.17) is 5.11 Å². The van der Waals surface area contributed by atoms with Gasteiger partial charge in [0, 0.05) is 13.1 Å². The average molecular weight is 249 g/mol. The predicted octanol–water partition coefficient (Wildman–Crippen LogP) is 0.980. The van der Waals surface area contributed by atoms with Crippen LogP contribution in [0.4, 0.5) is 0 Å². The Morgan fingerprint density at radius 3 is 2.61 bits per heavy atom. The maximum Gasteiger partial charge on any atom is 0.354 e. The van der Waals surface area contributed by atoms with Gasteiger partial charge in [-0.1, -0.05) is 6.42 Å². The van der Waals surface area contributed by atoms with Crippen molar-refractivity contribution in [2.24, 2.45) is 11.8 Å². The third-order valence-corrected chi connectivity index (χ3v) is 4.07. The maximum atomic E-state index is 12.2. The van der Waals surface area contributed by atoms with Crippen molar-refractivity contribution in [1.82, 2.24) is 14.9 Å². The number of likely N-dealkylation sites (tertiary alicyclic amines) is 1. The summed E-state index contributed by atoms with van der Waals surface area (Å²) in [4.78, 5) is 31.3. The Bertz CT molecular complexity index is 485. The van der Waals surface area contributed by atoms with Crippen LogP contribution in [0.5, 0.6) is 0 Å². The first-order valence-corrected chi connectivity index (χ1v) is 6.22. The number of rotatable bonds is 2. The number of amides is 1. The Labute approximate surface area is 104 Å². The molecule has 3 rings (SSSR count). The van der Waals surface area contributed by atoms with Gasteiger partial charge >= 0.3 is 5.97 Å². The fourth-order valence-electron chi connectivity index (χ4n) is 3.17. The van der Waals surface area contributed by atoms with Crippen LogP contribution >= 0.6 is 0 Å². The third-order valence-electron chi connectivity index (χ3n) is 4.07. The molecule has 0 radical (unpaired) electrons. The molecule has 2 fully saturated rings. The molecular weight excluding hydrogens is 234 g/mol. The number of carbonyl (C=O) groups excluding carboxylic acids is 1. The SMILES string of the molecule is O=C(O)c1[nH]cnc1C(=O)N1CC2CCCC2C1. The van der Waals surface area contributed by atoms with Crippen molar-refractivity contribution in [1.29, 1.82) is 0 Å². The molecular formula is C12H15N3O3. The smallest absolute Gasteiger partial charge is 0.354 e. The molecule has 1 aromatic heterocycles. The van der Waals surface area contributed by atoms with Gasteiger partial charge in [-0.2, -0.15) is 0 Å². The Hall–Kier alpha value is -1.85. The minimum Gasteiger partial charge on any atom is -0.477 e. The molecule has 0 spiro atoms. The molecule has 2 unspecified atom stereocenters. The molecule has 6 heteroatoms. The third kappa shape index (κ3) is 1.68. The number of hydrogen-bond donors (Lipinski definition) is 2. The lowest BCUT2D eigenvalue weighted by Crippen LogP contribution is -2.31. The van der Waals surface area contributed by atoms with Crippen molar-refractivity contribution in [3.8, 4) is 0 Å². The molecule has 2 atom stereocenters. The molecule has 6 nitrogen and oxygen atoms in total. The highest BCUT2D eigenvalue weighted by Crippen LogP contribution is 2.38. The van der Waals surface area contributed by atoms with Gasteiger partial charge in [0.25, 0.3) is 5.91 Å². The number of nitrogens with one attached hydrogen (secondary N) is 1. The lowest BCUT2D eigenvalue weighted by Gasteiger charge is -2.16. The Morgan fingerprint density at radius 1 is 1.33 bits per heavy atom. The number of carboxylic acid groups (broad SMARTS) is 1. The van der Waals surface area contributed by atoms with Crippen molar-refractivity contribution in [3.63, 3.8) is 0 Å². The van der Waals surface area contributed by atoms with Crippen molar-refractivity contribution >= 4 is 11.9 Å². The summed E-state index contributed by atoms with van der Waals surface area (Å²) >= 11 is 0. The zero-order valence-electron chi connectivity index (χ0n) is 9.93. The molecule has 1 amide bonds. The monoisotopic (exact) mass is 249 g/mol. The number of carbonyl (C=O) groups is 2. The quantitative estimate of drug-likeness (QED) is 0.818. The number of aromatic amines is 1. The molecule has 1 saturated heterocycles. The zero-order valence-corrected chi connectivity index (χ0v) is 9.93. The molecule has 18 heavy (non-hydrogen) atoms. The van der Waals surface area contributed by atoms with E-state index in [0.717, 1.165) is 13.1 Å². The van der Waals surface area contributed by atoms with Crippen LogP contribution in [0.1, 0.15) is 40.2 Å². The van der Waals surface area contributed by atoms with E-state index >= 15 is 0 Å². The molecule has 2 aliphatic rings. The topological polar surface area (TPSA) is 86.3 Å². The highest BCUT2D eigenvalue weighted by molar-refractivity contribution is 6.02. The van der Waals surface area contributed by atoms with Gasteiger partial charge in [0.15, 0.2) is 11.4 Å². The highest BCUT2D eigenvalue weighted by Gasteiger charge is 2.39. The number of aromatic nitrogens is 2. The summed E-state index contributed by atoms with van der Waals surface area (Å²) in [5, 5.41) is 8.97. The molecule has 0 aromatic carbocycles. The number of nitrogens with zero attached hydrogens (tertiary/aromatic N) is 2.